The van der Waals surface area contributed by atoms with Gasteiger partial charge in [0.05, 0.1) is 13.2 Å². The second kappa shape index (κ2) is 6.61. The van der Waals surface area contributed by atoms with Crippen molar-refractivity contribution in [2.75, 3.05) is 13.2 Å². The summed E-state index contributed by atoms with van der Waals surface area (Å²) in [4.78, 5) is 24.3. The molecule has 2 rings (SSSR count). The van der Waals surface area contributed by atoms with Crippen molar-refractivity contribution >= 4 is 11.9 Å². The number of hydrogen-bond acceptors (Lipinski definition) is 5. The first-order chi connectivity index (χ1) is 10.1. The highest BCUT2D eigenvalue weighted by Gasteiger charge is 2.41. The Bertz CT molecular complexity index is 519. The molecule has 114 valence electrons. The van der Waals surface area contributed by atoms with Gasteiger partial charge in [-0.3, -0.25) is 9.59 Å². The van der Waals surface area contributed by atoms with Gasteiger partial charge in [-0.2, -0.15) is 0 Å². The number of aromatic hydroxyl groups is 1. The Labute approximate surface area is 123 Å². The molecule has 0 aromatic heterocycles. The maximum Gasteiger partial charge on any atom is 0.320 e. The van der Waals surface area contributed by atoms with Crippen LogP contribution in [0.1, 0.15) is 37.3 Å². The van der Waals surface area contributed by atoms with Crippen LogP contribution in [-0.2, 0) is 25.5 Å². The van der Waals surface area contributed by atoms with Gasteiger partial charge >= 0.3 is 11.9 Å². The summed E-state index contributed by atoms with van der Waals surface area (Å²) in [5.74, 6) is -2.07. The first-order valence-electron chi connectivity index (χ1n) is 7.23. The predicted octanol–water partition coefficient (Wildman–Crippen LogP) is 2.16. The molecule has 1 aromatic rings. The van der Waals surface area contributed by atoms with E-state index in [1.807, 2.05) is 0 Å². The highest BCUT2D eigenvalue weighted by molar-refractivity contribution is 5.96. The lowest BCUT2D eigenvalue weighted by atomic mass is 9.87. The average molecular weight is 292 g/mol. The van der Waals surface area contributed by atoms with Crippen LogP contribution in [0, 0.1) is 5.92 Å². The number of hydrogen-bond donors (Lipinski definition) is 1. The summed E-state index contributed by atoms with van der Waals surface area (Å²) < 4.78 is 10.1. The van der Waals surface area contributed by atoms with E-state index < -0.39 is 17.9 Å². The molecule has 0 bridgehead atoms. The van der Waals surface area contributed by atoms with Crippen LogP contribution in [0.25, 0.3) is 0 Å². The van der Waals surface area contributed by atoms with Crippen LogP contribution in [0.5, 0.6) is 5.75 Å². The van der Waals surface area contributed by atoms with Crippen molar-refractivity contribution in [3.63, 3.8) is 0 Å². The van der Waals surface area contributed by atoms with Crippen LogP contribution in [0.15, 0.2) is 18.2 Å². The fourth-order valence-corrected chi connectivity index (χ4v) is 2.87. The number of carbonyl (C=O) groups excluding carboxylic acids is 2. The molecule has 1 aromatic carbocycles. The zero-order valence-electron chi connectivity index (χ0n) is 12.3. The van der Waals surface area contributed by atoms with Crippen LogP contribution in [0.4, 0.5) is 0 Å². The number of phenols is 1. The normalized spacial score (nSPS) is 16.6. The zero-order valence-corrected chi connectivity index (χ0v) is 12.3. The van der Waals surface area contributed by atoms with Gasteiger partial charge in [-0.25, -0.2) is 0 Å². The summed E-state index contributed by atoms with van der Waals surface area (Å²) >= 11 is 0. The van der Waals surface area contributed by atoms with Crippen molar-refractivity contribution in [2.45, 2.75) is 32.6 Å². The first kappa shape index (κ1) is 15.4. The van der Waals surface area contributed by atoms with Gasteiger partial charge < -0.3 is 14.6 Å². The van der Waals surface area contributed by atoms with Gasteiger partial charge in [0.15, 0.2) is 5.92 Å². The maximum atomic E-state index is 12.2. The van der Waals surface area contributed by atoms with Crippen molar-refractivity contribution in [3.05, 3.63) is 29.3 Å². The Kier molecular flexibility index (Phi) is 4.83. The second-order valence-corrected chi connectivity index (χ2v) is 5.01. The maximum absolute atomic E-state index is 12.2. The molecular formula is C16H20O5. The Balaban J connectivity index is 2.31. The second-order valence-electron chi connectivity index (χ2n) is 5.01. The van der Waals surface area contributed by atoms with Gasteiger partial charge in [-0.15, -0.1) is 0 Å². The fraction of sp³-hybridized carbons (Fsp3) is 0.500. The minimum atomic E-state index is -0.935. The number of phenolic OH excluding ortho intramolecular Hbond substituents is 1. The van der Waals surface area contributed by atoms with E-state index in [-0.39, 0.29) is 24.9 Å². The van der Waals surface area contributed by atoms with Gasteiger partial charge in [-0.05, 0) is 49.9 Å². The van der Waals surface area contributed by atoms with E-state index in [0.29, 0.717) is 6.42 Å². The highest BCUT2D eigenvalue weighted by atomic mass is 16.6. The Morgan fingerprint density at radius 1 is 1.24 bits per heavy atom. The largest absolute Gasteiger partial charge is 0.508 e. The van der Waals surface area contributed by atoms with E-state index in [1.165, 1.54) is 0 Å². The molecule has 5 heteroatoms. The molecule has 1 aliphatic rings. The third-order valence-corrected chi connectivity index (χ3v) is 3.73. The summed E-state index contributed by atoms with van der Waals surface area (Å²) in [7, 11) is 0. The van der Waals surface area contributed by atoms with Crippen molar-refractivity contribution in [2.24, 2.45) is 5.92 Å². The van der Waals surface area contributed by atoms with E-state index in [0.717, 1.165) is 17.5 Å². The number of rotatable bonds is 5. The van der Waals surface area contributed by atoms with Crippen molar-refractivity contribution < 1.29 is 24.2 Å². The van der Waals surface area contributed by atoms with Crippen molar-refractivity contribution in [1.82, 2.24) is 0 Å². The molecule has 0 spiro atoms. The van der Waals surface area contributed by atoms with Gasteiger partial charge in [0.1, 0.15) is 5.75 Å². The molecule has 1 atom stereocenters. The summed E-state index contributed by atoms with van der Waals surface area (Å²) in [6.07, 6.45) is 1.39. The molecule has 1 unspecified atom stereocenters. The minimum Gasteiger partial charge on any atom is -0.508 e. The van der Waals surface area contributed by atoms with Gasteiger partial charge in [0.25, 0.3) is 0 Å². The van der Waals surface area contributed by atoms with Crippen LogP contribution in [-0.4, -0.2) is 30.3 Å². The molecule has 0 saturated carbocycles. The standard InChI is InChI=1S/C16H20O5/c1-3-20-15(18)14(16(19)21-4-2)13-7-5-10-9-11(17)6-8-12(10)13/h6,8-9,13-14,17H,3-5,7H2,1-2H3. The predicted molar refractivity (Wildman–Crippen MR) is 75.9 cm³/mol. The molecule has 0 heterocycles. The number of fused-ring (bicyclic) bond motifs is 1. The van der Waals surface area contributed by atoms with E-state index in [4.69, 9.17) is 9.47 Å². The zero-order chi connectivity index (χ0) is 15.4. The molecule has 21 heavy (non-hydrogen) atoms. The number of ether oxygens (including phenoxy) is 2. The molecule has 0 fully saturated rings. The monoisotopic (exact) mass is 292 g/mol. The lowest BCUT2D eigenvalue weighted by Crippen LogP contribution is -2.32. The smallest absolute Gasteiger partial charge is 0.320 e. The minimum absolute atomic E-state index is 0.193. The lowest BCUT2D eigenvalue weighted by molar-refractivity contribution is -0.162. The van der Waals surface area contributed by atoms with E-state index in [1.54, 1.807) is 32.0 Å². The van der Waals surface area contributed by atoms with E-state index >= 15 is 0 Å². The number of carbonyl (C=O) groups is 2. The van der Waals surface area contributed by atoms with Gasteiger partial charge in [0, 0.05) is 5.92 Å². The van der Waals surface area contributed by atoms with Crippen molar-refractivity contribution in [1.29, 1.82) is 0 Å². The number of aryl methyl sites for hydroxylation is 1. The van der Waals surface area contributed by atoms with Crippen molar-refractivity contribution in [3.8, 4) is 5.75 Å². The molecular weight excluding hydrogens is 272 g/mol. The highest BCUT2D eigenvalue weighted by Crippen LogP contribution is 2.40. The Hall–Kier alpha value is -2.04. The molecule has 1 N–H and O–H groups in total. The molecule has 0 radical (unpaired) electrons. The third kappa shape index (κ3) is 3.17. The van der Waals surface area contributed by atoms with Crippen LogP contribution in [0.2, 0.25) is 0 Å². The third-order valence-electron chi connectivity index (χ3n) is 3.73. The molecule has 0 saturated heterocycles. The topological polar surface area (TPSA) is 72.8 Å². The van der Waals surface area contributed by atoms with E-state index in [9.17, 15) is 14.7 Å². The van der Waals surface area contributed by atoms with Crippen LogP contribution >= 0.6 is 0 Å². The lowest BCUT2D eigenvalue weighted by Gasteiger charge is -2.21. The summed E-state index contributed by atoms with van der Waals surface area (Å²) in [5.41, 5.74) is 1.89. The van der Waals surface area contributed by atoms with Gasteiger partial charge in [-0.1, -0.05) is 6.07 Å². The molecule has 5 nitrogen and oxygen atoms in total. The summed E-state index contributed by atoms with van der Waals surface area (Å²) in [6.45, 7) is 3.87. The molecule has 0 aliphatic heterocycles. The van der Waals surface area contributed by atoms with E-state index in [2.05, 4.69) is 0 Å². The number of benzene rings is 1. The number of esters is 2. The molecule has 0 amide bonds. The van der Waals surface area contributed by atoms with Crippen LogP contribution in [0.3, 0.4) is 0 Å². The summed E-state index contributed by atoms with van der Waals surface area (Å²) in [6, 6.07) is 5.03. The SMILES string of the molecule is CCOC(=O)C(C(=O)OCC)C1CCc2cc(O)ccc21. The molecule has 1 aliphatic carbocycles. The first-order valence-corrected chi connectivity index (χ1v) is 7.23. The Morgan fingerprint density at radius 3 is 2.43 bits per heavy atom. The Morgan fingerprint density at radius 2 is 1.86 bits per heavy atom. The average Bonchev–Trinajstić information content (AvgIpc) is 2.82. The summed E-state index contributed by atoms with van der Waals surface area (Å²) in [5, 5.41) is 9.52. The quantitative estimate of drug-likeness (QED) is 0.665. The fourth-order valence-electron chi connectivity index (χ4n) is 2.87. The van der Waals surface area contributed by atoms with Gasteiger partial charge in [0.2, 0.25) is 0 Å². The van der Waals surface area contributed by atoms with Crippen LogP contribution < -0.4 is 0 Å².